The second-order valence-corrected chi connectivity index (χ2v) is 4.91. The van der Waals surface area contributed by atoms with Crippen molar-refractivity contribution in [1.29, 1.82) is 0 Å². The summed E-state index contributed by atoms with van der Waals surface area (Å²) >= 11 is 0. The summed E-state index contributed by atoms with van der Waals surface area (Å²) in [6.45, 7) is 4.98. The van der Waals surface area contributed by atoms with Gasteiger partial charge < -0.3 is 20.5 Å². The molecule has 1 aliphatic heterocycles. The highest BCUT2D eigenvalue weighted by Crippen LogP contribution is 2.24. The van der Waals surface area contributed by atoms with Crippen molar-refractivity contribution in [2.75, 3.05) is 31.2 Å². The van der Waals surface area contributed by atoms with Crippen LogP contribution in [0.4, 0.5) is 5.82 Å². The van der Waals surface area contributed by atoms with Gasteiger partial charge in [0.2, 0.25) is 0 Å². The van der Waals surface area contributed by atoms with Crippen molar-refractivity contribution in [3.63, 3.8) is 0 Å². The van der Waals surface area contributed by atoms with Crippen LogP contribution in [0.3, 0.4) is 0 Å². The summed E-state index contributed by atoms with van der Waals surface area (Å²) < 4.78 is 5.57. The maximum Gasteiger partial charge on any atom is 0.133 e. The quantitative estimate of drug-likeness (QED) is 0.825. The van der Waals surface area contributed by atoms with Gasteiger partial charge in [-0.15, -0.1) is 0 Å². The number of nitrogens with two attached hydrogens (primary N) is 1. The summed E-state index contributed by atoms with van der Waals surface area (Å²) in [7, 11) is 0. The van der Waals surface area contributed by atoms with Crippen molar-refractivity contribution in [1.82, 2.24) is 4.98 Å². The number of rotatable bonds is 5. The molecule has 2 rings (SSSR count). The van der Waals surface area contributed by atoms with Gasteiger partial charge in [0.25, 0.3) is 0 Å². The molecule has 0 radical (unpaired) electrons. The molecule has 0 atom stereocenters. The Labute approximate surface area is 114 Å². The molecule has 3 N–H and O–H groups in total. The van der Waals surface area contributed by atoms with E-state index in [2.05, 4.69) is 16.8 Å². The van der Waals surface area contributed by atoms with Crippen molar-refractivity contribution in [3.05, 3.63) is 23.4 Å². The molecule has 0 aromatic carbocycles. The standard InChI is InChI=1S/C14H23N3O2/c1-11-2-5-16-14(13(11)10-15)17-6-3-12(4-7-17)19-9-8-18/h2,5,12,18H,3-4,6-10,15H2,1H3. The number of ether oxygens (including phenoxy) is 1. The van der Waals surface area contributed by atoms with Crippen LogP contribution in [0.15, 0.2) is 12.3 Å². The first kappa shape index (κ1) is 14.2. The molecule has 106 valence electrons. The van der Waals surface area contributed by atoms with E-state index in [1.165, 1.54) is 5.56 Å². The summed E-state index contributed by atoms with van der Waals surface area (Å²) in [6, 6.07) is 2.00. The van der Waals surface area contributed by atoms with E-state index in [0.29, 0.717) is 13.2 Å². The predicted octanol–water partition coefficient (Wildman–Crippen LogP) is 0.826. The maximum atomic E-state index is 8.77. The molecule has 5 heteroatoms. The highest BCUT2D eigenvalue weighted by Gasteiger charge is 2.22. The van der Waals surface area contributed by atoms with Crippen molar-refractivity contribution < 1.29 is 9.84 Å². The van der Waals surface area contributed by atoms with E-state index in [-0.39, 0.29) is 12.7 Å². The zero-order chi connectivity index (χ0) is 13.7. The van der Waals surface area contributed by atoms with Crippen LogP contribution < -0.4 is 10.6 Å². The molecular formula is C14H23N3O2. The molecule has 1 aromatic heterocycles. The fourth-order valence-electron chi connectivity index (χ4n) is 2.55. The Morgan fingerprint density at radius 3 is 2.84 bits per heavy atom. The fraction of sp³-hybridized carbons (Fsp3) is 0.643. The minimum Gasteiger partial charge on any atom is -0.394 e. The zero-order valence-electron chi connectivity index (χ0n) is 11.5. The lowest BCUT2D eigenvalue weighted by molar-refractivity contribution is 0.0158. The van der Waals surface area contributed by atoms with Crippen LogP contribution in [0.1, 0.15) is 24.0 Å². The third-order valence-corrected chi connectivity index (χ3v) is 3.66. The smallest absolute Gasteiger partial charge is 0.133 e. The summed E-state index contributed by atoms with van der Waals surface area (Å²) in [5, 5.41) is 8.77. The summed E-state index contributed by atoms with van der Waals surface area (Å²) in [6.07, 6.45) is 4.05. The number of pyridine rings is 1. The first-order chi connectivity index (χ1) is 9.26. The zero-order valence-corrected chi connectivity index (χ0v) is 11.5. The second kappa shape index (κ2) is 6.84. The van der Waals surface area contributed by atoms with E-state index < -0.39 is 0 Å². The Bertz CT molecular complexity index is 404. The molecule has 5 nitrogen and oxygen atoms in total. The molecule has 1 aromatic rings. The molecule has 2 heterocycles. The molecule has 0 saturated carbocycles. The SMILES string of the molecule is Cc1ccnc(N2CCC(OCCO)CC2)c1CN. The van der Waals surface area contributed by atoms with Crippen LogP contribution in [0.5, 0.6) is 0 Å². The maximum absolute atomic E-state index is 8.77. The predicted molar refractivity (Wildman–Crippen MR) is 75.1 cm³/mol. The first-order valence-electron chi connectivity index (χ1n) is 6.88. The lowest BCUT2D eigenvalue weighted by Gasteiger charge is -2.34. The van der Waals surface area contributed by atoms with Gasteiger partial charge in [-0.25, -0.2) is 4.98 Å². The molecule has 0 spiro atoms. The Balaban J connectivity index is 1.99. The van der Waals surface area contributed by atoms with Crippen LogP contribution in [0, 0.1) is 6.92 Å². The van der Waals surface area contributed by atoms with Crippen LogP contribution in [0.25, 0.3) is 0 Å². The molecule has 0 unspecified atom stereocenters. The molecule has 19 heavy (non-hydrogen) atoms. The summed E-state index contributed by atoms with van der Waals surface area (Å²) in [4.78, 5) is 6.77. The molecule has 1 fully saturated rings. The van der Waals surface area contributed by atoms with E-state index in [4.69, 9.17) is 15.6 Å². The highest BCUT2D eigenvalue weighted by atomic mass is 16.5. The van der Waals surface area contributed by atoms with E-state index in [0.717, 1.165) is 37.3 Å². The molecular weight excluding hydrogens is 242 g/mol. The number of anilines is 1. The molecule has 0 amide bonds. The van der Waals surface area contributed by atoms with E-state index in [9.17, 15) is 0 Å². The molecule has 0 bridgehead atoms. The largest absolute Gasteiger partial charge is 0.394 e. The normalized spacial score (nSPS) is 16.9. The van der Waals surface area contributed by atoms with E-state index in [1.807, 2.05) is 12.3 Å². The van der Waals surface area contributed by atoms with E-state index >= 15 is 0 Å². The van der Waals surface area contributed by atoms with Gasteiger partial charge in [0, 0.05) is 31.4 Å². The topological polar surface area (TPSA) is 71.6 Å². The first-order valence-corrected chi connectivity index (χ1v) is 6.88. The van der Waals surface area contributed by atoms with Crippen LogP contribution in [-0.4, -0.2) is 42.5 Å². The third kappa shape index (κ3) is 3.43. The van der Waals surface area contributed by atoms with E-state index in [1.54, 1.807) is 0 Å². The van der Waals surface area contributed by atoms with Crippen molar-refractivity contribution in [2.45, 2.75) is 32.4 Å². The van der Waals surface area contributed by atoms with Gasteiger partial charge in [0.05, 0.1) is 19.3 Å². The number of aryl methyl sites for hydroxylation is 1. The Kier molecular flexibility index (Phi) is 5.13. The average Bonchev–Trinajstić information content (AvgIpc) is 2.45. The van der Waals surface area contributed by atoms with Gasteiger partial charge in [0.15, 0.2) is 0 Å². The average molecular weight is 265 g/mol. The lowest BCUT2D eigenvalue weighted by Crippen LogP contribution is -2.38. The van der Waals surface area contributed by atoms with Crippen LogP contribution in [-0.2, 0) is 11.3 Å². The Hall–Kier alpha value is -1.17. The van der Waals surface area contributed by atoms with Crippen LogP contribution in [0.2, 0.25) is 0 Å². The highest BCUT2D eigenvalue weighted by molar-refractivity contribution is 5.50. The third-order valence-electron chi connectivity index (χ3n) is 3.66. The molecule has 1 saturated heterocycles. The number of aliphatic hydroxyl groups is 1. The number of hydrogen-bond donors (Lipinski definition) is 2. The van der Waals surface area contributed by atoms with Gasteiger partial charge in [-0.05, 0) is 31.4 Å². The van der Waals surface area contributed by atoms with Gasteiger partial charge in [0.1, 0.15) is 5.82 Å². The van der Waals surface area contributed by atoms with Crippen molar-refractivity contribution in [2.24, 2.45) is 5.73 Å². The molecule has 1 aliphatic rings. The minimum absolute atomic E-state index is 0.0942. The lowest BCUT2D eigenvalue weighted by atomic mass is 10.1. The summed E-state index contributed by atoms with van der Waals surface area (Å²) in [5.41, 5.74) is 8.17. The summed E-state index contributed by atoms with van der Waals surface area (Å²) in [5.74, 6) is 1.02. The van der Waals surface area contributed by atoms with Gasteiger partial charge in [-0.1, -0.05) is 0 Å². The number of nitrogens with zero attached hydrogens (tertiary/aromatic N) is 2. The fourth-order valence-corrected chi connectivity index (χ4v) is 2.55. The van der Waals surface area contributed by atoms with Gasteiger partial charge >= 0.3 is 0 Å². The molecule has 0 aliphatic carbocycles. The number of piperidine rings is 1. The Morgan fingerprint density at radius 1 is 1.47 bits per heavy atom. The second-order valence-electron chi connectivity index (χ2n) is 4.91. The number of aliphatic hydroxyl groups excluding tert-OH is 1. The monoisotopic (exact) mass is 265 g/mol. The van der Waals surface area contributed by atoms with Crippen molar-refractivity contribution in [3.8, 4) is 0 Å². The van der Waals surface area contributed by atoms with Gasteiger partial charge in [-0.3, -0.25) is 0 Å². The minimum atomic E-state index is 0.0942. The van der Waals surface area contributed by atoms with Crippen LogP contribution >= 0.6 is 0 Å². The van der Waals surface area contributed by atoms with Gasteiger partial charge in [-0.2, -0.15) is 0 Å². The number of hydrogen-bond acceptors (Lipinski definition) is 5. The number of aromatic nitrogens is 1. The van der Waals surface area contributed by atoms with Crippen molar-refractivity contribution >= 4 is 5.82 Å². The Morgan fingerprint density at radius 2 is 2.21 bits per heavy atom.